The largest absolute Gasteiger partial charge is 0.363 e. The Balaban J connectivity index is 1.84. The number of rotatable bonds is 7. The number of Topliss-reactive ketones (excluding diaryl/α,β-unsaturated/α-hetero) is 1. The van der Waals surface area contributed by atoms with Gasteiger partial charge in [0.25, 0.3) is 11.8 Å². The van der Waals surface area contributed by atoms with Crippen LogP contribution < -0.4 is 11.1 Å². The van der Waals surface area contributed by atoms with E-state index in [2.05, 4.69) is 20.3 Å². The molecule has 0 aliphatic rings. The van der Waals surface area contributed by atoms with Gasteiger partial charge in [0.1, 0.15) is 30.2 Å². The van der Waals surface area contributed by atoms with Crippen LogP contribution in [0.4, 0.5) is 0 Å². The van der Waals surface area contributed by atoms with E-state index in [0.29, 0.717) is 5.82 Å². The predicted octanol–water partition coefficient (Wildman–Crippen LogP) is 0.0578. The normalized spacial score (nSPS) is 11.6. The second-order valence-corrected chi connectivity index (χ2v) is 5.66. The highest BCUT2D eigenvalue weighted by atomic mass is 16.2. The summed E-state index contributed by atoms with van der Waals surface area (Å²) in [4.78, 5) is 48.1. The molecule has 136 valence electrons. The Morgan fingerprint density at radius 1 is 1.11 bits per heavy atom. The lowest BCUT2D eigenvalue weighted by atomic mass is 10.0. The van der Waals surface area contributed by atoms with Crippen LogP contribution in [0.2, 0.25) is 0 Å². The summed E-state index contributed by atoms with van der Waals surface area (Å²) < 4.78 is 1.45. The van der Waals surface area contributed by atoms with E-state index in [0.717, 1.165) is 5.56 Å². The van der Waals surface area contributed by atoms with Crippen LogP contribution in [0.15, 0.2) is 61.4 Å². The first-order valence-corrected chi connectivity index (χ1v) is 8.03. The minimum atomic E-state index is -1.11. The number of hydrogen-bond donors (Lipinski definition) is 2. The number of nitrogens with one attached hydrogen (secondary N) is 1. The lowest BCUT2D eigenvalue weighted by molar-refractivity contribution is -0.137. The fourth-order valence-corrected chi connectivity index (χ4v) is 2.53. The molecule has 0 aliphatic heterocycles. The lowest BCUT2D eigenvalue weighted by Crippen LogP contribution is -2.47. The maximum absolute atomic E-state index is 12.7. The molecule has 1 unspecified atom stereocenters. The van der Waals surface area contributed by atoms with Crippen molar-refractivity contribution < 1.29 is 14.4 Å². The summed E-state index contributed by atoms with van der Waals surface area (Å²) in [6.45, 7) is 0. The average Bonchev–Trinajstić information content (AvgIpc) is 3.18. The molecule has 0 fully saturated rings. The number of benzene rings is 1. The second kappa shape index (κ2) is 8.00. The van der Waals surface area contributed by atoms with Crippen molar-refractivity contribution in [2.45, 2.75) is 12.5 Å². The highest BCUT2D eigenvalue weighted by Gasteiger charge is 2.27. The number of amides is 2. The van der Waals surface area contributed by atoms with Gasteiger partial charge < -0.3 is 11.1 Å². The third-order valence-corrected chi connectivity index (χ3v) is 3.83. The molecule has 3 rings (SSSR count). The van der Waals surface area contributed by atoms with Crippen molar-refractivity contribution in [2.24, 2.45) is 5.73 Å². The number of ketones is 1. The number of nitrogens with zero attached hydrogens (tertiary/aromatic N) is 4. The van der Waals surface area contributed by atoms with Crippen molar-refractivity contribution in [2.75, 3.05) is 0 Å². The monoisotopic (exact) mass is 364 g/mol. The molecular weight excluding hydrogens is 348 g/mol. The fourth-order valence-electron chi connectivity index (χ4n) is 2.53. The van der Waals surface area contributed by atoms with E-state index >= 15 is 0 Å². The van der Waals surface area contributed by atoms with Crippen LogP contribution in [0.5, 0.6) is 0 Å². The van der Waals surface area contributed by atoms with E-state index in [1.807, 2.05) is 6.07 Å². The molecule has 9 heteroatoms. The van der Waals surface area contributed by atoms with E-state index < -0.39 is 23.6 Å². The molecule has 0 saturated carbocycles. The summed E-state index contributed by atoms with van der Waals surface area (Å²) in [5, 5.41) is 2.57. The maximum atomic E-state index is 12.7. The van der Waals surface area contributed by atoms with Crippen LogP contribution in [0.25, 0.3) is 5.82 Å². The predicted molar refractivity (Wildman–Crippen MR) is 94.8 cm³/mol. The molecule has 1 atom stereocenters. The van der Waals surface area contributed by atoms with Crippen LogP contribution >= 0.6 is 0 Å². The van der Waals surface area contributed by atoms with E-state index in [9.17, 15) is 14.4 Å². The molecule has 0 aliphatic carbocycles. The summed E-state index contributed by atoms with van der Waals surface area (Å²) in [6.07, 6.45) is 5.76. The van der Waals surface area contributed by atoms with Gasteiger partial charge in [0, 0.05) is 12.6 Å². The number of aromatic nitrogens is 4. The van der Waals surface area contributed by atoms with Crippen molar-refractivity contribution in [1.82, 2.24) is 24.8 Å². The van der Waals surface area contributed by atoms with Crippen LogP contribution in [0, 0.1) is 0 Å². The Morgan fingerprint density at radius 3 is 2.56 bits per heavy atom. The highest BCUT2D eigenvalue weighted by Crippen LogP contribution is 2.09. The van der Waals surface area contributed by atoms with E-state index in [-0.39, 0.29) is 12.1 Å². The molecule has 0 spiro atoms. The minimum absolute atomic E-state index is 0.135. The summed E-state index contributed by atoms with van der Waals surface area (Å²) in [6, 6.07) is 9.52. The number of carbonyl (C=O) groups excluding carboxylic acids is 3. The number of hydrogen-bond acceptors (Lipinski definition) is 6. The number of nitrogens with two attached hydrogens (primary N) is 1. The van der Waals surface area contributed by atoms with Gasteiger partial charge in [-0.1, -0.05) is 30.3 Å². The van der Waals surface area contributed by atoms with Crippen molar-refractivity contribution in [3.8, 4) is 5.82 Å². The van der Waals surface area contributed by atoms with Gasteiger partial charge in [0.15, 0.2) is 0 Å². The molecule has 3 aromatic rings. The Kier molecular flexibility index (Phi) is 5.31. The topological polar surface area (TPSA) is 133 Å². The first-order chi connectivity index (χ1) is 13.1. The molecule has 27 heavy (non-hydrogen) atoms. The maximum Gasteiger partial charge on any atom is 0.287 e. The quantitative estimate of drug-likeness (QED) is 0.570. The Bertz CT molecular complexity index is 955. The van der Waals surface area contributed by atoms with Gasteiger partial charge in [-0.25, -0.2) is 15.0 Å². The zero-order valence-corrected chi connectivity index (χ0v) is 14.1. The van der Waals surface area contributed by atoms with E-state index in [4.69, 9.17) is 5.73 Å². The van der Waals surface area contributed by atoms with Gasteiger partial charge in [-0.2, -0.15) is 0 Å². The van der Waals surface area contributed by atoms with Gasteiger partial charge in [0.05, 0.1) is 6.20 Å². The zero-order chi connectivity index (χ0) is 19.2. The molecule has 2 aromatic heterocycles. The van der Waals surface area contributed by atoms with Gasteiger partial charge >= 0.3 is 0 Å². The summed E-state index contributed by atoms with van der Waals surface area (Å²) in [7, 11) is 0. The summed E-state index contributed by atoms with van der Waals surface area (Å²) >= 11 is 0. The van der Waals surface area contributed by atoms with Crippen molar-refractivity contribution in [3.63, 3.8) is 0 Å². The molecule has 0 saturated heterocycles. The Morgan fingerprint density at radius 2 is 1.89 bits per heavy atom. The smallest absolute Gasteiger partial charge is 0.287 e. The third-order valence-electron chi connectivity index (χ3n) is 3.83. The lowest BCUT2D eigenvalue weighted by Gasteiger charge is -2.17. The Labute approximate surface area is 154 Å². The van der Waals surface area contributed by atoms with Crippen LogP contribution in [0.1, 0.15) is 16.1 Å². The summed E-state index contributed by atoms with van der Waals surface area (Å²) in [5.41, 5.74) is 6.07. The number of carbonyl (C=O) groups is 3. The number of primary amides is 1. The SMILES string of the molecule is NC(=O)C(=O)C(Cc1ccccc1)NC(=O)c1cncn1-c1ccncn1. The minimum Gasteiger partial charge on any atom is -0.363 e. The molecule has 0 bridgehead atoms. The number of imidazole rings is 1. The summed E-state index contributed by atoms with van der Waals surface area (Å²) in [5.74, 6) is -2.13. The molecule has 9 nitrogen and oxygen atoms in total. The molecule has 2 amide bonds. The second-order valence-electron chi connectivity index (χ2n) is 5.66. The van der Waals surface area contributed by atoms with Crippen LogP contribution in [0.3, 0.4) is 0 Å². The van der Waals surface area contributed by atoms with Crippen molar-refractivity contribution >= 4 is 17.6 Å². The average molecular weight is 364 g/mol. The van der Waals surface area contributed by atoms with E-state index in [1.54, 1.807) is 30.3 Å². The van der Waals surface area contributed by atoms with Crippen molar-refractivity contribution in [3.05, 3.63) is 72.7 Å². The molecular formula is C18H16N6O3. The fraction of sp³-hybridized carbons (Fsp3) is 0.111. The van der Waals surface area contributed by atoms with Gasteiger partial charge in [-0.15, -0.1) is 0 Å². The van der Waals surface area contributed by atoms with Crippen molar-refractivity contribution in [1.29, 1.82) is 0 Å². The molecule has 0 radical (unpaired) electrons. The van der Waals surface area contributed by atoms with E-state index in [1.165, 1.54) is 29.6 Å². The van der Waals surface area contributed by atoms with Crippen LogP contribution in [-0.2, 0) is 16.0 Å². The first kappa shape index (κ1) is 17.9. The van der Waals surface area contributed by atoms with Gasteiger partial charge in [-0.05, 0) is 11.6 Å². The molecule has 2 heterocycles. The Hall–Kier alpha value is -3.88. The van der Waals surface area contributed by atoms with Crippen LogP contribution in [-0.4, -0.2) is 43.2 Å². The zero-order valence-electron chi connectivity index (χ0n) is 14.1. The third kappa shape index (κ3) is 4.21. The van der Waals surface area contributed by atoms with Gasteiger partial charge in [-0.3, -0.25) is 19.0 Å². The standard InChI is InChI=1S/C18H16N6O3/c19-17(26)16(25)13(8-12-4-2-1-3-5-12)23-18(27)14-9-21-11-24(14)15-6-7-20-10-22-15/h1-7,9-11,13H,8H2,(H2,19,26)(H,23,27). The van der Waals surface area contributed by atoms with Gasteiger partial charge in [0.2, 0.25) is 5.78 Å². The highest BCUT2D eigenvalue weighted by molar-refractivity contribution is 6.38. The molecule has 3 N–H and O–H groups in total. The molecule has 1 aromatic carbocycles. The first-order valence-electron chi connectivity index (χ1n) is 8.03.